The van der Waals surface area contributed by atoms with Crippen molar-refractivity contribution in [1.82, 2.24) is 19.8 Å². The van der Waals surface area contributed by atoms with Crippen molar-refractivity contribution in [3.05, 3.63) is 58.9 Å². The molecule has 2 amide bonds. The number of hydrogen-bond donors (Lipinski definition) is 1. The Morgan fingerprint density at radius 1 is 0.826 bits per heavy atom. The maximum Gasteiger partial charge on any atom is 0.306 e. The highest BCUT2D eigenvalue weighted by Crippen LogP contribution is 2.34. The van der Waals surface area contributed by atoms with Crippen molar-refractivity contribution in [3.63, 3.8) is 0 Å². The Labute approximate surface area is 267 Å². The number of carbonyl (C=O) groups is 4. The minimum absolute atomic E-state index is 0.0378. The summed E-state index contributed by atoms with van der Waals surface area (Å²) in [6.07, 6.45) is 4.56. The molecule has 2 aromatic carbocycles. The van der Waals surface area contributed by atoms with Crippen LogP contribution in [0.1, 0.15) is 79.9 Å². The lowest BCUT2D eigenvalue weighted by molar-refractivity contribution is -0.144. The first-order chi connectivity index (χ1) is 22.3. The molecule has 11 heteroatoms. The maximum absolute atomic E-state index is 12.8. The van der Waals surface area contributed by atoms with E-state index in [-0.39, 0.29) is 55.6 Å². The van der Waals surface area contributed by atoms with Gasteiger partial charge in [0.15, 0.2) is 0 Å². The Hall–Kier alpha value is -4.98. The molecule has 4 heterocycles. The minimum Gasteiger partial charge on any atom is -0.469 e. The fourth-order valence-corrected chi connectivity index (χ4v) is 6.58. The van der Waals surface area contributed by atoms with E-state index < -0.39 is 5.97 Å². The van der Waals surface area contributed by atoms with Crippen LogP contribution in [0.2, 0.25) is 0 Å². The normalized spacial score (nSPS) is 18.6. The number of aliphatic imine (C=N–C) groups is 1. The average Bonchev–Trinajstić information content (AvgIpc) is 3.89. The van der Waals surface area contributed by atoms with E-state index in [1.165, 1.54) is 14.2 Å². The Balaban J connectivity index is 1.11. The summed E-state index contributed by atoms with van der Waals surface area (Å²) in [6, 6.07) is 11.6. The minimum atomic E-state index is -0.391. The second-order valence-electron chi connectivity index (χ2n) is 11.9. The van der Waals surface area contributed by atoms with E-state index in [1.807, 2.05) is 35.2 Å². The van der Waals surface area contributed by atoms with E-state index in [9.17, 15) is 19.2 Å². The van der Waals surface area contributed by atoms with Crippen molar-refractivity contribution in [2.24, 2.45) is 4.99 Å². The van der Waals surface area contributed by atoms with Gasteiger partial charge in [0.1, 0.15) is 5.82 Å². The smallest absolute Gasteiger partial charge is 0.306 e. The Morgan fingerprint density at radius 2 is 1.43 bits per heavy atom. The number of H-pyrrole nitrogens is 1. The fourth-order valence-electron chi connectivity index (χ4n) is 6.58. The van der Waals surface area contributed by atoms with Gasteiger partial charge in [-0.3, -0.25) is 24.2 Å². The number of fused-ring (bicyclic) bond motifs is 2. The zero-order chi connectivity index (χ0) is 32.2. The van der Waals surface area contributed by atoms with Crippen LogP contribution in [0.25, 0.3) is 11.0 Å². The molecule has 0 unspecified atom stereocenters. The molecule has 2 atom stereocenters. The molecule has 6 rings (SSSR count). The van der Waals surface area contributed by atoms with Crippen molar-refractivity contribution in [3.8, 4) is 11.8 Å². The number of aromatic nitrogens is 2. The summed E-state index contributed by atoms with van der Waals surface area (Å²) < 4.78 is 9.36. The lowest BCUT2D eigenvalue weighted by atomic mass is 10.0. The number of nitrogens with one attached hydrogen (secondary N) is 1. The van der Waals surface area contributed by atoms with Gasteiger partial charge in [-0.1, -0.05) is 11.8 Å². The number of rotatable bonds is 8. The first kappa shape index (κ1) is 31.0. The van der Waals surface area contributed by atoms with Crippen molar-refractivity contribution in [2.45, 2.75) is 69.9 Å². The van der Waals surface area contributed by atoms with E-state index in [0.29, 0.717) is 19.5 Å². The number of benzene rings is 2. The summed E-state index contributed by atoms with van der Waals surface area (Å²) >= 11 is 0. The lowest BCUT2D eigenvalue weighted by Gasteiger charge is -2.24. The number of likely N-dealkylation sites (tertiary alicyclic amines) is 2. The quantitative estimate of drug-likeness (QED) is 0.294. The van der Waals surface area contributed by atoms with Gasteiger partial charge >= 0.3 is 11.9 Å². The van der Waals surface area contributed by atoms with Crippen molar-refractivity contribution >= 4 is 46.2 Å². The van der Waals surface area contributed by atoms with Crippen LogP contribution >= 0.6 is 0 Å². The summed E-state index contributed by atoms with van der Waals surface area (Å²) in [5, 5.41) is 0. The number of hydrogen-bond acceptors (Lipinski definition) is 8. The van der Waals surface area contributed by atoms with Crippen molar-refractivity contribution in [1.29, 1.82) is 0 Å². The molecule has 3 aromatic rings. The molecule has 2 fully saturated rings. The van der Waals surface area contributed by atoms with Gasteiger partial charge in [0, 0.05) is 49.2 Å². The van der Waals surface area contributed by atoms with Crippen LogP contribution in [-0.2, 0) is 35.1 Å². The summed E-state index contributed by atoms with van der Waals surface area (Å²) in [5.74, 6) is 6.40. The highest BCUT2D eigenvalue weighted by Gasteiger charge is 2.35. The van der Waals surface area contributed by atoms with E-state index in [1.54, 1.807) is 4.90 Å². The van der Waals surface area contributed by atoms with Crippen molar-refractivity contribution < 1.29 is 28.7 Å². The molecule has 0 bridgehead atoms. The van der Waals surface area contributed by atoms with Gasteiger partial charge in [-0.25, -0.2) is 4.98 Å². The average molecular weight is 624 g/mol. The molecule has 11 nitrogen and oxygen atoms in total. The molecule has 0 spiro atoms. The van der Waals surface area contributed by atoms with Gasteiger partial charge < -0.3 is 24.3 Å². The van der Waals surface area contributed by atoms with E-state index in [4.69, 9.17) is 9.98 Å². The zero-order valence-electron chi connectivity index (χ0n) is 26.1. The Bertz CT molecular complexity index is 1780. The van der Waals surface area contributed by atoms with Crippen LogP contribution < -0.4 is 0 Å². The molecule has 238 valence electrons. The standard InChI is InChI=1S/C35H37N5O6/c1-45-33(43)15-13-31(41)39-17-3-5-29(39)28-21-24-19-22(9-11-25(24)36-28)7-8-23-10-12-26-27(20-23)38-35(37-26)30-6-4-18-40(30)32(42)14-16-34(44)46-2/h9-12,19-20,29-30H,3-6,13-18,21H2,1-2H3,(H,37,38)/t29-,30-/m0/s1. The molecule has 3 aliphatic heterocycles. The van der Waals surface area contributed by atoms with Gasteiger partial charge in [0.2, 0.25) is 11.8 Å². The van der Waals surface area contributed by atoms with Gasteiger partial charge in [0.25, 0.3) is 0 Å². The summed E-state index contributed by atoms with van der Waals surface area (Å²) in [5.41, 5.74) is 6.36. The topological polar surface area (TPSA) is 134 Å². The first-order valence-corrected chi connectivity index (χ1v) is 15.8. The molecule has 2 saturated heterocycles. The molecule has 46 heavy (non-hydrogen) atoms. The molecule has 1 aromatic heterocycles. The highest BCUT2D eigenvalue weighted by molar-refractivity contribution is 6.00. The van der Waals surface area contributed by atoms with E-state index in [0.717, 1.165) is 70.6 Å². The third-order valence-corrected chi connectivity index (χ3v) is 8.95. The second kappa shape index (κ2) is 13.6. The first-order valence-electron chi connectivity index (χ1n) is 15.8. The highest BCUT2D eigenvalue weighted by atomic mass is 16.5. The van der Waals surface area contributed by atoms with Crippen LogP contribution in [0.5, 0.6) is 0 Å². The molecule has 0 radical (unpaired) electrons. The monoisotopic (exact) mass is 623 g/mol. The third-order valence-electron chi connectivity index (χ3n) is 8.95. The van der Waals surface area contributed by atoms with Gasteiger partial charge in [0.05, 0.1) is 55.9 Å². The number of nitrogens with zero attached hydrogens (tertiary/aromatic N) is 4. The number of esters is 2. The number of methoxy groups -OCH3 is 2. The van der Waals surface area contributed by atoms with Gasteiger partial charge in [-0.15, -0.1) is 0 Å². The Kier molecular flexibility index (Phi) is 9.15. The molecule has 1 N–H and O–H groups in total. The van der Waals surface area contributed by atoms with Gasteiger partial charge in [-0.2, -0.15) is 0 Å². The largest absolute Gasteiger partial charge is 0.469 e. The molecule has 3 aliphatic rings. The third kappa shape index (κ3) is 6.66. The molecular weight excluding hydrogens is 586 g/mol. The number of carbonyl (C=O) groups excluding carboxylic acids is 4. The maximum atomic E-state index is 12.8. The SMILES string of the molecule is COC(=O)CCC(=O)N1CCC[C@H]1C1=Nc2ccc(C#Cc3ccc4nc([C@@H]5CCCN5C(=O)CCC(=O)OC)[nH]c4c3)cc2C1. The predicted octanol–water partition coefficient (Wildman–Crippen LogP) is 4.15. The van der Waals surface area contributed by atoms with Crippen LogP contribution in [-0.4, -0.2) is 82.6 Å². The van der Waals surface area contributed by atoms with Crippen LogP contribution in [0.4, 0.5) is 5.69 Å². The van der Waals surface area contributed by atoms with E-state index >= 15 is 0 Å². The number of aromatic amines is 1. The molecule has 0 saturated carbocycles. The van der Waals surface area contributed by atoms with Crippen LogP contribution in [0, 0.1) is 11.8 Å². The summed E-state index contributed by atoms with van der Waals surface area (Å²) in [7, 11) is 2.65. The number of imidazole rings is 1. The summed E-state index contributed by atoms with van der Waals surface area (Å²) in [6.45, 7) is 1.31. The predicted molar refractivity (Wildman–Crippen MR) is 170 cm³/mol. The zero-order valence-corrected chi connectivity index (χ0v) is 26.1. The summed E-state index contributed by atoms with van der Waals surface area (Å²) in [4.78, 5) is 65.4. The van der Waals surface area contributed by atoms with E-state index in [2.05, 4.69) is 32.4 Å². The van der Waals surface area contributed by atoms with Gasteiger partial charge in [-0.05, 0) is 67.6 Å². The van der Waals surface area contributed by atoms with Crippen LogP contribution in [0.15, 0.2) is 41.4 Å². The van der Waals surface area contributed by atoms with Crippen molar-refractivity contribution in [2.75, 3.05) is 27.3 Å². The lowest BCUT2D eigenvalue weighted by Crippen LogP contribution is -2.40. The fraction of sp³-hybridized carbons (Fsp3) is 0.429. The molecular formula is C35H37N5O6. The van der Waals surface area contributed by atoms with Crippen LogP contribution in [0.3, 0.4) is 0 Å². The number of ether oxygens (including phenoxy) is 2. The Morgan fingerprint density at radius 3 is 2.11 bits per heavy atom. The number of amides is 2. The second-order valence-corrected chi connectivity index (χ2v) is 11.9. The molecule has 0 aliphatic carbocycles.